The van der Waals surface area contributed by atoms with Gasteiger partial charge >= 0.3 is 0 Å². The van der Waals surface area contributed by atoms with Crippen molar-refractivity contribution in [1.82, 2.24) is 10.1 Å². The van der Waals surface area contributed by atoms with E-state index in [9.17, 15) is 4.79 Å². The van der Waals surface area contributed by atoms with Gasteiger partial charge in [-0.15, -0.1) is 0 Å². The van der Waals surface area contributed by atoms with E-state index in [2.05, 4.69) is 15.5 Å². The second-order valence-corrected chi connectivity index (χ2v) is 6.71. The van der Waals surface area contributed by atoms with Crippen molar-refractivity contribution in [3.05, 3.63) is 78.2 Å². The molecule has 4 rings (SSSR count). The second-order valence-electron chi connectivity index (χ2n) is 5.72. The Kier molecular flexibility index (Phi) is 4.33. The number of carbonyl (C=O) groups excluding carboxylic acids is 1. The van der Waals surface area contributed by atoms with E-state index in [0.717, 1.165) is 21.7 Å². The van der Waals surface area contributed by atoms with Crippen LogP contribution in [-0.2, 0) is 0 Å². The number of aryl methyl sites for hydroxylation is 1. The van der Waals surface area contributed by atoms with Gasteiger partial charge in [-0.1, -0.05) is 77.2 Å². The van der Waals surface area contributed by atoms with Gasteiger partial charge in [0.2, 0.25) is 5.76 Å². The maximum Gasteiger partial charge on any atom is 0.296 e. The highest BCUT2D eigenvalue weighted by atomic mass is 32.1. The van der Waals surface area contributed by atoms with E-state index in [1.54, 1.807) is 13.0 Å². The Morgan fingerprint density at radius 1 is 1.00 bits per heavy atom. The summed E-state index contributed by atoms with van der Waals surface area (Å²) >= 11 is 1.43. The fraction of sp³-hybridized carbons (Fsp3) is 0.0500. The number of rotatable bonds is 4. The zero-order valence-electron chi connectivity index (χ0n) is 14.0. The molecule has 0 aliphatic carbocycles. The van der Waals surface area contributed by atoms with E-state index in [4.69, 9.17) is 4.52 Å². The van der Waals surface area contributed by atoms with Crippen molar-refractivity contribution in [2.75, 3.05) is 5.32 Å². The Balaban J connectivity index is 1.73. The zero-order chi connectivity index (χ0) is 17.9. The van der Waals surface area contributed by atoms with Crippen molar-refractivity contribution in [3.63, 3.8) is 0 Å². The van der Waals surface area contributed by atoms with Gasteiger partial charge in [-0.25, -0.2) is 4.98 Å². The standard InChI is InChI=1S/C20H15N3O2S/c1-13-12-16(25-23-13)19(24)22-20-21-17(14-8-4-2-5-9-14)18(26-20)15-10-6-3-7-11-15/h2-12H,1H3,(H,21,22,24). The average Bonchev–Trinajstić information content (AvgIpc) is 3.30. The van der Waals surface area contributed by atoms with Crippen LogP contribution in [-0.4, -0.2) is 16.0 Å². The monoisotopic (exact) mass is 361 g/mol. The van der Waals surface area contributed by atoms with Crippen molar-refractivity contribution in [2.45, 2.75) is 6.92 Å². The lowest BCUT2D eigenvalue weighted by Crippen LogP contribution is -2.10. The number of thiazole rings is 1. The molecule has 0 aliphatic rings. The van der Waals surface area contributed by atoms with E-state index < -0.39 is 0 Å². The molecular formula is C20H15N3O2S. The first kappa shape index (κ1) is 16.2. The number of benzene rings is 2. The summed E-state index contributed by atoms with van der Waals surface area (Å²) in [6, 6.07) is 21.5. The normalized spacial score (nSPS) is 10.7. The lowest BCUT2D eigenvalue weighted by molar-refractivity contribution is 0.0988. The summed E-state index contributed by atoms with van der Waals surface area (Å²) in [5.74, 6) is -0.196. The highest BCUT2D eigenvalue weighted by molar-refractivity contribution is 7.19. The molecule has 0 spiro atoms. The summed E-state index contributed by atoms with van der Waals surface area (Å²) < 4.78 is 5.02. The molecule has 2 aromatic heterocycles. The quantitative estimate of drug-likeness (QED) is 0.554. The molecule has 5 nitrogen and oxygen atoms in total. The van der Waals surface area contributed by atoms with Crippen LogP contribution in [0.15, 0.2) is 71.3 Å². The first-order chi connectivity index (χ1) is 12.7. The minimum atomic E-state index is -0.362. The minimum absolute atomic E-state index is 0.167. The summed E-state index contributed by atoms with van der Waals surface area (Å²) in [5.41, 5.74) is 3.55. The van der Waals surface area contributed by atoms with Gasteiger partial charge in [-0.05, 0) is 12.5 Å². The predicted octanol–water partition coefficient (Wildman–Crippen LogP) is 5.03. The molecular weight excluding hydrogens is 346 g/mol. The maximum atomic E-state index is 12.3. The van der Waals surface area contributed by atoms with Gasteiger partial charge < -0.3 is 4.52 Å². The van der Waals surface area contributed by atoms with Crippen LogP contribution in [0.3, 0.4) is 0 Å². The van der Waals surface area contributed by atoms with Crippen LogP contribution in [0, 0.1) is 6.92 Å². The smallest absolute Gasteiger partial charge is 0.296 e. The van der Waals surface area contributed by atoms with Crippen LogP contribution in [0.5, 0.6) is 0 Å². The molecule has 2 aromatic carbocycles. The van der Waals surface area contributed by atoms with Gasteiger partial charge in [0.25, 0.3) is 5.91 Å². The van der Waals surface area contributed by atoms with Crippen molar-refractivity contribution >= 4 is 22.4 Å². The number of nitrogens with one attached hydrogen (secondary N) is 1. The number of carbonyl (C=O) groups is 1. The predicted molar refractivity (Wildman–Crippen MR) is 102 cm³/mol. The molecule has 0 atom stereocenters. The third kappa shape index (κ3) is 3.27. The first-order valence-electron chi connectivity index (χ1n) is 8.07. The van der Waals surface area contributed by atoms with E-state index in [0.29, 0.717) is 10.8 Å². The Labute approximate surface area is 154 Å². The summed E-state index contributed by atoms with van der Waals surface area (Å²) in [6.07, 6.45) is 0. The summed E-state index contributed by atoms with van der Waals surface area (Å²) in [4.78, 5) is 18.0. The van der Waals surface area contributed by atoms with Crippen molar-refractivity contribution < 1.29 is 9.32 Å². The number of amides is 1. The highest BCUT2D eigenvalue weighted by Crippen LogP contribution is 2.38. The number of hydrogen-bond donors (Lipinski definition) is 1. The highest BCUT2D eigenvalue weighted by Gasteiger charge is 2.18. The molecule has 0 saturated carbocycles. The molecule has 0 aliphatic heterocycles. The Morgan fingerprint density at radius 2 is 1.65 bits per heavy atom. The molecule has 6 heteroatoms. The molecule has 4 aromatic rings. The lowest BCUT2D eigenvalue weighted by atomic mass is 10.1. The van der Waals surface area contributed by atoms with Crippen LogP contribution in [0.25, 0.3) is 21.7 Å². The fourth-order valence-corrected chi connectivity index (χ4v) is 3.57. The van der Waals surface area contributed by atoms with Gasteiger partial charge in [0.1, 0.15) is 0 Å². The number of nitrogens with zero attached hydrogens (tertiary/aromatic N) is 2. The van der Waals surface area contributed by atoms with Crippen LogP contribution < -0.4 is 5.32 Å². The Bertz CT molecular complexity index is 982. The molecule has 0 fully saturated rings. The molecule has 1 amide bonds. The minimum Gasteiger partial charge on any atom is -0.351 e. The summed E-state index contributed by atoms with van der Waals surface area (Å²) in [7, 11) is 0. The number of hydrogen-bond acceptors (Lipinski definition) is 5. The third-order valence-electron chi connectivity index (χ3n) is 3.78. The van der Waals surface area contributed by atoms with E-state index in [1.807, 2.05) is 60.7 Å². The summed E-state index contributed by atoms with van der Waals surface area (Å²) in [5, 5.41) is 7.07. The van der Waals surface area contributed by atoms with Gasteiger partial charge in [0.05, 0.1) is 16.3 Å². The van der Waals surface area contributed by atoms with Gasteiger partial charge in [-0.3, -0.25) is 10.1 Å². The number of aromatic nitrogens is 2. The molecule has 2 heterocycles. The van der Waals surface area contributed by atoms with Crippen molar-refractivity contribution in [1.29, 1.82) is 0 Å². The second kappa shape index (κ2) is 6.93. The third-order valence-corrected chi connectivity index (χ3v) is 4.80. The molecule has 0 radical (unpaired) electrons. The zero-order valence-corrected chi connectivity index (χ0v) is 14.8. The van der Waals surface area contributed by atoms with E-state index in [1.165, 1.54) is 11.3 Å². The molecule has 0 unspecified atom stereocenters. The fourth-order valence-electron chi connectivity index (χ4n) is 2.58. The van der Waals surface area contributed by atoms with Crippen molar-refractivity contribution in [2.24, 2.45) is 0 Å². The molecule has 26 heavy (non-hydrogen) atoms. The largest absolute Gasteiger partial charge is 0.351 e. The van der Waals surface area contributed by atoms with E-state index >= 15 is 0 Å². The van der Waals surface area contributed by atoms with Gasteiger partial charge in [0, 0.05) is 11.6 Å². The van der Waals surface area contributed by atoms with Crippen LogP contribution in [0.2, 0.25) is 0 Å². The summed E-state index contributed by atoms with van der Waals surface area (Å²) in [6.45, 7) is 1.77. The van der Waals surface area contributed by atoms with Crippen LogP contribution in [0.4, 0.5) is 5.13 Å². The SMILES string of the molecule is Cc1cc(C(=O)Nc2nc(-c3ccccc3)c(-c3ccccc3)s2)on1. The van der Waals surface area contributed by atoms with Crippen molar-refractivity contribution in [3.8, 4) is 21.7 Å². The first-order valence-corrected chi connectivity index (χ1v) is 8.89. The molecule has 0 bridgehead atoms. The van der Waals surface area contributed by atoms with E-state index in [-0.39, 0.29) is 11.7 Å². The molecule has 128 valence electrons. The van der Waals surface area contributed by atoms with Crippen LogP contribution >= 0.6 is 11.3 Å². The van der Waals surface area contributed by atoms with Gasteiger partial charge in [0.15, 0.2) is 5.13 Å². The Morgan fingerprint density at radius 3 is 2.27 bits per heavy atom. The van der Waals surface area contributed by atoms with Crippen LogP contribution in [0.1, 0.15) is 16.2 Å². The lowest BCUT2D eigenvalue weighted by Gasteiger charge is -2.02. The average molecular weight is 361 g/mol. The van der Waals surface area contributed by atoms with Gasteiger partial charge in [-0.2, -0.15) is 0 Å². The molecule has 1 N–H and O–H groups in total. The molecule has 0 saturated heterocycles. The Hall–Kier alpha value is -3.25. The number of anilines is 1. The topological polar surface area (TPSA) is 68.0 Å². The maximum absolute atomic E-state index is 12.3.